The number of ether oxygens (including phenoxy) is 4. The first-order valence-electron chi connectivity index (χ1n) is 10.1. The molecule has 0 spiro atoms. The Labute approximate surface area is 193 Å². The van der Waals surface area contributed by atoms with Gasteiger partial charge in [-0.1, -0.05) is 0 Å². The quantitative estimate of drug-likeness (QED) is 0.327. The van der Waals surface area contributed by atoms with Gasteiger partial charge >= 0.3 is 6.03 Å². The van der Waals surface area contributed by atoms with E-state index in [9.17, 15) is 14.4 Å². The summed E-state index contributed by atoms with van der Waals surface area (Å²) in [6, 6.07) is 4.23. The lowest BCUT2D eigenvalue weighted by molar-refractivity contribution is -0.120. The first-order chi connectivity index (χ1) is 15.1. The Hall–Kier alpha value is -2.44. The molecule has 0 saturated carbocycles. The lowest BCUT2D eigenvalue weighted by Gasteiger charge is -2.28. The van der Waals surface area contributed by atoms with Crippen molar-refractivity contribution in [1.82, 2.24) is 10.6 Å². The maximum absolute atomic E-state index is 12.4. The first kappa shape index (κ1) is 27.6. The zero-order chi connectivity index (χ0) is 22.5. The van der Waals surface area contributed by atoms with Crippen LogP contribution in [0.2, 0.25) is 0 Å². The van der Waals surface area contributed by atoms with Crippen molar-refractivity contribution < 1.29 is 33.3 Å². The molecule has 11 nitrogen and oxygen atoms in total. The molecule has 1 aliphatic rings. The molecule has 0 aromatic heterocycles. The van der Waals surface area contributed by atoms with E-state index in [1.54, 1.807) is 18.2 Å². The van der Waals surface area contributed by atoms with E-state index in [-0.39, 0.29) is 37.2 Å². The molecule has 1 aromatic carbocycles. The van der Waals surface area contributed by atoms with Gasteiger partial charge in [-0.25, -0.2) is 4.79 Å². The van der Waals surface area contributed by atoms with Crippen LogP contribution in [-0.4, -0.2) is 84.2 Å². The van der Waals surface area contributed by atoms with Gasteiger partial charge in [0.05, 0.1) is 52.4 Å². The van der Waals surface area contributed by atoms with E-state index < -0.39 is 6.03 Å². The minimum absolute atomic E-state index is 0. The molecule has 1 saturated heterocycles. The third kappa shape index (κ3) is 8.97. The molecule has 1 fully saturated rings. The van der Waals surface area contributed by atoms with E-state index in [2.05, 4.69) is 10.6 Å². The second kappa shape index (κ2) is 15.4. The number of nitrogens with zero attached hydrogens (tertiary/aromatic N) is 1. The van der Waals surface area contributed by atoms with Crippen LogP contribution in [-0.2, 0) is 19.0 Å². The van der Waals surface area contributed by atoms with E-state index in [4.69, 9.17) is 24.7 Å². The topological polar surface area (TPSA) is 141 Å². The van der Waals surface area contributed by atoms with Gasteiger partial charge < -0.3 is 30.0 Å². The number of imide groups is 1. The number of carbonyl (C=O) groups is 3. The molecule has 0 unspecified atom stereocenters. The lowest BCUT2D eigenvalue weighted by Crippen LogP contribution is -2.49. The summed E-state index contributed by atoms with van der Waals surface area (Å²) in [6.07, 6.45) is 0.174. The summed E-state index contributed by atoms with van der Waals surface area (Å²) < 4.78 is 21.2. The number of carbonyl (C=O) groups excluding carboxylic acids is 3. The normalized spacial score (nSPS) is 13.4. The number of benzene rings is 1. The first-order valence-corrected chi connectivity index (χ1v) is 10.1. The van der Waals surface area contributed by atoms with Gasteiger partial charge in [0, 0.05) is 31.6 Å². The van der Waals surface area contributed by atoms with Crippen LogP contribution in [0, 0.1) is 0 Å². The smallest absolute Gasteiger partial charge is 0.328 e. The molecule has 0 aliphatic carbocycles. The van der Waals surface area contributed by atoms with Crippen LogP contribution >= 0.6 is 12.4 Å². The SMILES string of the molecule is COc1ccc(C(=O)NCCOCCOCCOCCN)cc1N1CCC(=O)NC1=O.Cl. The maximum Gasteiger partial charge on any atom is 0.328 e. The van der Waals surface area contributed by atoms with Crippen LogP contribution in [0.4, 0.5) is 10.5 Å². The van der Waals surface area contributed by atoms with E-state index in [0.717, 1.165) is 0 Å². The Morgan fingerprint density at radius 1 is 1.09 bits per heavy atom. The van der Waals surface area contributed by atoms with Crippen molar-refractivity contribution >= 4 is 35.9 Å². The fourth-order valence-corrected chi connectivity index (χ4v) is 2.80. The number of methoxy groups -OCH3 is 1. The lowest BCUT2D eigenvalue weighted by atomic mass is 10.1. The number of rotatable bonds is 14. The molecular weight excluding hydrogens is 444 g/mol. The average molecular weight is 475 g/mol. The molecule has 2 rings (SSSR count). The molecule has 180 valence electrons. The van der Waals surface area contributed by atoms with Crippen molar-refractivity contribution in [3.8, 4) is 5.75 Å². The summed E-state index contributed by atoms with van der Waals surface area (Å²) in [5, 5.41) is 5.02. The summed E-state index contributed by atoms with van der Waals surface area (Å²) >= 11 is 0. The van der Waals surface area contributed by atoms with E-state index >= 15 is 0 Å². The van der Waals surface area contributed by atoms with Crippen molar-refractivity contribution in [1.29, 1.82) is 0 Å². The third-order valence-corrected chi connectivity index (χ3v) is 4.32. The molecule has 0 atom stereocenters. The zero-order valence-electron chi connectivity index (χ0n) is 18.1. The predicted octanol–water partition coefficient (Wildman–Crippen LogP) is 0.302. The number of anilines is 1. The number of hydrogen-bond acceptors (Lipinski definition) is 8. The fraction of sp³-hybridized carbons (Fsp3) is 0.550. The molecular formula is C20H31ClN4O7. The van der Waals surface area contributed by atoms with Gasteiger partial charge in [-0.15, -0.1) is 12.4 Å². The number of hydrogen-bond donors (Lipinski definition) is 3. The van der Waals surface area contributed by atoms with E-state index in [1.807, 2.05) is 0 Å². The van der Waals surface area contributed by atoms with Gasteiger partial charge in [-0.3, -0.25) is 19.8 Å². The van der Waals surface area contributed by atoms with Gasteiger partial charge in [-0.2, -0.15) is 0 Å². The summed E-state index contributed by atoms with van der Waals surface area (Å²) in [5.41, 5.74) is 6.09. The van der Waals surface area contributed by atoms with Crippen molar-refractivity contribution in [2.75, 3.05) is 71.3 Å². The highest BCUT2D eigenvalue weighted by Crippen LogP contribution is 2.30. The average Bonchev–Trinajstić information content (AvgIpc) is 2.77. The summed E-state index contributed by atoms with van der Waals surface area (Å²) in [7, 11) is 1.47. The highest BCUT2D eigenvalue weighted by atomic mass is 35.5. The van der Waals surface area contributed by atoms with Gasteiger partial charge in [0.15, 0.2) is 0 Å². The monoisotopic (exact) mass is 474 g/mol. The molecule has 12 heteroatoms. The van der Waals surface area contributed by atoms with Gasteiger partial charge in [-0.05, 0) is 18.2 Å². The Bertz CT molecular complexity index is 751. The van der Waals surface area contributed by atoms with Crippen molar-refractivity contribution in [2.24, 2.45) is 5.73 Å². The standard InChI is InChI=1S/C20H30N4O7.ClH/c1-28-17-3-2-15(14-16(17)24-7-4-18(25)23-20(24)27)19(26)22-6-9-30-11-13-31-12-10-29-8-5-21;/h2-3,14H,4-13,21H2,1H3,(H,22,26)(H,23,25,27);1H. The molecule has 1 aromatic rings. The van der Waals surface area contributed by atoms with Crippen LogP contribution in [0.15, 0.2) is 18.2 Å². The molecule has 0 radical (unpaired) electrons. The summed E-state index contributed by atoms with van der Waals surface area (Å²) in [5.74, 6) is -0.216. The number of halogens is 1. The maximum atomic E-state index is 12.4. The van der Waals surface area contributed by atoms with Gasteiger partial charge in [0.2, 0.25) is 5.91 Å². The largest absolute Gasteiger partial charge is 0.495 e. The second-order valence-electron chi connectivity index (χ2n) is 6.52. The molecule has 4 N–H and O–H groups in total. The zero-order valence-corrected chi connectivity index (χ0v) is 18.9. The summed E-state index contributed by atoms with van der Waals surface area (Å²) in [6.45, 7) is 3.67. The van der Waals surface area contributed by atoms with Gasteiger partial charge in [0.1, 0.15) is 5.75 Å². The molecule has 1 heterocycles. The van der Waals surface area contributed by atoms with Crippen molar-refractivity contribution in [3.63, 3.8) is 0 Å². The second-order valence-corrected chi connectivity index (χ2v) is 6.52. The number of nitrogens with one attached hydrogen (secondary N) is 2. The minimum Gasteiger partial charge on any atom is -0.495 e. The van der Waals surface area contributed by atoms with Crippen LogP contribution < -0.4 is 26.0 Å². The molecule has 0 bridgehead atoms. The summed E-state index contributed by atoms with van der Waals surface area (Å²) in [4.78, 5) is 37.3. The van der Waals surface area contributed by atoms with Crippen molar-refractivity contribution in [2.45, 2.75) is 6.42 Å². The Morgan fingerprint density at radius 3 is 2.38 bits per heavy atom. The molecule has 32 heavy (non-hydrogen) atoms. The Morgan fingerprint density at radius 2 is 1.75 bits per heavy atom. The molecule has 4 amide bonds. The molecule has 1 aliphatic heterocycles. The van der Waals surface area contributed by atoms with E-state index in [0.29, 0.717) is 69.7 Å². The highest BCUT2D eigenvalue weighted by molar-refractivity contribution is 6.07. The fourth-order valence-electron chi connectivity index (χ4n) is 2.80. The van der Waals surface area contributed by atoms with Crippen LogP contribution in [0.3, 0.4) is 0 Å². The number of amides is 4. The van der Waals surface area contributed by atoms with Crippen molar-refractivity contribution in [3.05, 3.63) is 23.8 Å². The third-order valence-electron chi connectivity index (χ3n) is 4.32. The Kier molecular flexibility index (Phi) is 13.3. The van der Waals surface area contributed by atoms with Crippen LogP contribution in [0.1, 0.15) is 16.8 Å². The number of urea groups is 1. The van der Waals surface area contributed by atoms with Crippen LogP contribution in [0.25, 0.3) is 0 Å². The van der Waals surface area contributed by atoms with Gasteiger partial charge in [0.25, 0.3) is 5.91 Å². The minimum atomic E-state index is -0.548. The van der Waals surface area contributed by atoms with Crippen LogP contribution in [0.5, 0.6) is 5.75 Å². The predicted molar refractivity (Wildman–Crippen MR) is 120 cm³/mol. The number of nitrogens with two attached hydrogens (primary N) is 1. The van der Waals surface area contributed by atoms with E-state index in [1.165, 1.54) is 12.0 Å². The highest BCUT2D eigenvalue weighted by Gasteiger charge is 2.27. The Balaban J connectivity index is 0.00000512.